The van der Waals surface area contributed by atoms with Gasteiger partial charge in [0.15, 0.2) is 11.5 Å². The third-order valence-corrected chi connectivity index (χ3v) is 14.0. The van der Waals surface area contributed by atoms with Crippen LogP contribution in [0.15, 0.2) is 60.9 Å². The monoisotopic (exact) mass is 873 g/mol. The number of nitrogens with one attached hydrogen (secondary N) is 2. The number of carbonyl (C=O) groups excluding carboxylic acids is 5. The van der Waals surface area contributed by atoms with Crippen LogP contribution in [0.4, 0.5) is 5.82 Å². The zero-order chi connectivity index (χ0) is 44.3. The first kappa shape index (κ1) is 45.0. The summed E-state index contributed by atoms with van der Waals surface area (Å²) in [4.78, 5) is 77.9. The van der Waals surface area contributed by atoms with Gasteiger partial charge in [-0.2, -0.15) is 0 Å². The fraction of sp³-hybridized carbons (Fsp3) is 0.551. The molecule has 0 saturated carbocycles. The minimum atomic E-state index is -0.581. The molecular weight excluding hydrogens is 809 g/mol. The first-order chi connectivity index (χ1) is 31.3. The van der Waals surface area contributed by atoms with Gasteiger partial charge in [-0.1, -0.05) is 37.5 Å². The number of anilines is 1. The van der Waals surface area contributed by atoms with Gasteiger partial charge in [-0.3, -0.25) is 39.2 Å². The molecule has 0 aliphatic carbocycles. The summed E-state index contributed by atoms with van der Waals surface area (Å²) in [5.74, 6) is 0.574. The van der Waals surface area contributed by atoms with Crippen LogP contribution in [0.5, 0.6) is 0 Å². The van der Waals surface area contributed by atoms with Crippen molar-refractivity contribution in [3.8, 4) is 0 Å². The average Bonchev–Trinajstić information content (AvgIpc) is 3.67. The predicted molar refractivity (Wildman–Crippen MR) is 244 cm³/mol. The lowest BCUT2D eigenvalue weighted by atomic mass is 9.91. The molecule has 0 bridgehead atoms. The topological polar surface area (TPSA) is 164 Å². The molecule has 1 unspecified atom stereocenters. The molecule has 5 amide bonds. The van der Waals surface area contributed by atoms with Gasteiger partial charge in [-0.25, -0.2) is 0 Å². The minimum absolute atomic E-state index is 0.0344. The van der Waals surface area contributed by atoms with Crippen LogP contribution in [0.3, 0.4) is 0 Å². The first-order valence-electron chi connectivity index (χ1n) is 23.7. The summed E-state index contributed by atoms with van der Waals surface area (Å²) in [6.45, 7) is 9.93. The number of nitrogens with zero attached hydrogens (tertiary/aromatic N) is 8. The van der Waals surface area contributed by atoms with Crippen LogP contribution in [-0.4, -0.2) is 142 Å². The maximum Gasteiger partial charge on any atom is 0.274 e. The minimum Gasteiger partial charge on any atom is -0.355 e. The Kier molecular flexibility index (Phi) is 15.4. The van der Waals surface area contributed by atoms with Gasteiger partial charge >= 0.3 is 0 Å². The van der Waals surface area contributed by atoms with Crippen molar-refractivity contribution in [2.75, 3.05) is 70.3 Å². The van der Waals surface area contributed by atoms with Gasteiger partial charge in [0.05, 0.1) is 0 Å². The molecule has 2 N–H and O–H groups in total. The largest absolute Gasteiger partial charge is 0.355 e. The lowest BCUT2D eigenvalue weighted by molar-refractivity contribution is -0.137. The second-order valence-electron chi connectivity index (χ2n) is 18.2. The number of rotatable bonds is 17. The number of pyridine rings is 1. The lowest BCUT2D eigenvalue weighted by Crippen LogP contribution is -2.53. The predicted octanol–water partition coefficient (Wildman–Crippen LogP) is 4.48. The number of benzene rings is 1. The zero-order valence-electron chi connectivity index (χ0n) is 37.2. The van der Waals surface area contributed by atoms with Crippen molar-refractivity contribution in [3.63, 3.8) is 0 Å². The second kappa shape index (κ2) is 21.9. The highest BCUT2D eigenvalue weighted by molar-refractivity contribution is 6.05. The zero-order valence-corrected chi connectivity index (χ0v) is 37.2. The number of imide groups is 1. The van der Waals surface area contributed by atoms with Crippen molar-refractivity contribution in [1.82, 2.24) is 45.4 Å². The van der Waals surface area contributed by atoms with Gasteiger partial charge in [-0.05, 0) is 117 Å². The van der Waals surface area contributed by atoms with Gasteiger partial charge in [0.2, 0.25) is 17.7 Å². The quantitative estimate of drug-likeness (QED) is 0.112. The maximum atomic E-state index is 13.3. The van der Waals surface area contributed by atoms with Crippen LogP contribution < -0.4 is 15.5 Å². The molecular formula is C49H64N10O5. The van der Waals surface area contributed by atoms with E-state index in [0.29, 0.717) is 42.7 Å². The van der Waals surface area contributed by atoms with E-state index in [2.05, 4.69) is 46.6 Å². The molecule has 15 heteroatoms. The molecule has 1 aromatic carbocycles. The first-order valence-corrected chi connectivity index (χ1v) is 23.7. The molecule has 340 valence electrons. The van der Waals surface area contributed by atoms with Gasteiger partial charge in [0.1, 0.15) is 6.04 Å². The highest BCUT2D eigenvalue weighted by Crippen LogP contribution is 2.31. The van der Waals surface area contributed by atoms with Crippen molar-refractivity contribution >= 4 is 41.4 Å². The molecule has 7 heterocycles. The maximum absolute atomic E-state index is 13.3. The summed E-state index contributed by atoms with van der Waals surface area (Å²) in [6.07, 6.45) is 18.9. The standard InChI is InChI=1S/C49H64N10O5/c60-45(17-13-37-9-7-23-50-34-37)51-24-4-3-8-36-19-26-58(27-20-36)49(64)42-14-16-44(54-53-42)57-28-21-39(22-29-57)56-32-30-55(31-33-56)25-5-1-2-10-38-11-6-12-40-41(38)35-59(48(40)63)43-15-18-46(61)52-47(43)62/h6-7,9,11-14,16-17,23,34,36,39,43H,1-5,8,10,15,18-22,24-33,35H2,(H,51,60)(H,52,61,62)/b17-13+. The van der Waals surface area contributed by atoms with Crippen molar-refractivity contribution < 1.29 is 24.0 Å². The Morgan fingerprint density at radius 2 is 1.64 bits per heavy atom. The number of likely N-dealkylation sites (tertiary alicyclic amines) is 1. The van der Waals surface area contributed by atoms with E-state index in [9.17, 15) is 24.0 Å². The molecule has 64 heavy (non-hydrogen) atoms. The highest BCUT2D eigenvalue weighted by atomic mass is 16.2. The average molecular weight is 873 g/mol. The summed E-state index contributed by atoms with van der Waals surface area (Å²) < 4.78 is 0. The van der Waals surface area contributed by atoms with Crippen LogP contribution in [0.25, 0.3) is 6.08 Å². The second-order valence-corrected chi connectivity index (χ2v) is 18.2. The number of piperazine rings is 1. The number of amides is 5. The molecule has 1 atom stereocenters. The van der Waals surface area contributed by atoms with E-state index >= 15 is 0 Å². The SMILES string of the molecule is O=C(/C=C/c1cccnc1)NCCCCC1CCN(C(=O)c2ccc(N3CCC(N4CCN(CCCCCc5cccc6c5CN(C5CCC(=O)NC5=O)C6=O)CC4)CC3)nn2)CC1. The number of carbonyl (C=O) groups is 5. The summed E-state index contributed by atoms with van der Waals surface area (Å²) in [6, 6.07) is 13.5. The molecule has 8 rings (SSSR count). The molecule has 5 aliphatic rings. The number of unbranched alkanes of at least 4 members (excludes halogenated alkanes) is 3. The molecule has 5 aliphatic heterocycles. The number of hydrogen-bond acceptors (Lipinski definition) is 11. The van der Waals surface area contributed by atoms with Gasteiger partial charge in [-0.15, -0.1) is 10.2 Å². The third-order valence-electron chi connectivity index (χ3n) is 14.0. The Morgan fingerprint density at radius 3 is 2.39 bits per heavy atom. The summed E-state index contributed by atoms with van der Waals surface area (Å²) >= 11 is 0. The Labute approximate surface area is 377 Å². The molecule has 4 saturated heterocycles. The fourth-order valence-electron chi connectivity index (χ4n) is 10.2. The van der Waals surface area contributed by atoms with Crippen LogP contribution in [0.2, 0.25) is 0 Å². The van der Waals surface area contributed by atoms with Crippen LogP contribution in [0.1, 0.15) is 115 Å². The molecule has 4 fully saturated rings. The van der Waals surface area contributed by atoms with E-state index in [1.54, 1.807) is 29.4 Å². The molecule has 15 nitrogen and oxygen atoms in total. The Balaban J connectivity index is 0.670. The van der Waals surface area contributed by atoms with E-state index in [-0.39, 0.29) is 36.0 Å². The Morgan fingerprint density at radius 1 is 0.812 bits per heavy atom. The van der Waals surface area contributed by atoms with Crippen molar-refractivity contribution in [3.05, 3.63) is 88.9 Å². The van der Waals surface area contributed by atoms with Crippen molar-refractivity contribution in [2.45, 2.75) is 102 Å². The van der Waals surface area contributed by atoms with E-state index in [1.165, 1.54) is 5.56 Å². The summed E-state index contributed by atoms with van der Waals surface area (Å²) in [5, 5.41) is 14.3. The summed E-state index contributed by atoms with van der Waals surface area (Å²) in [5.41, 5.74) is 4.24. The highest BCUT2D eigenvalue weighted by Gasteiger charge is 2.40. The number of piperidine rings is 3. The molecule has 0 spiro atoms. The number of hydrogen-bond donors (Lipinski definition) is 2. The van der Waals surface area contributed by atoms with E-state index < -0.39 is 6.04 Å². The van der Waals surface area contributed by atoms with Gasteiger partial charge in [0, 0.05) is 102 Å². The normalized spacial score (nSPS) is 20.5. The molecule has 2 aromatic heterocycles. The van der Waals surface area contributed by atoms with Crippen LogP contribution in [0, 0.1) is 5.92 Å². The fourth-order valence-corrected chi connectivity index (χ4v) is 10.2. The van der Waals surface area contributed by atoms with Crippen molar-refractivity contribution in [1.29, 1.82) is 0 Å². The third kappa shape index (κ3) is 11.6. The number of fused-ring (bicyclic) bond motifs is 1. The van der Waals surface area contributed by atoms with Crippen LogP contribution in [-0.2, 0) is 27.3 Å². The molecule has 3 aromatic rings. The lowest BCUT2D eigenvalue weighted by Gasteiger charge is -2.43. The Bertz CT molecular complexity index is 2110. The number of aryl methyl sites for hydroxylation is 1. The van der Waals surface area contributed by atoms with Gasteiger partial charge < -0.3 is 24.9 Å². The van der Waals surface area contributed by atoms with Crippen LogP contribution >= 0.6 is 0 Å². The van der Waals surface area contributed by atoms with E-state index in [4.69, 9.17) is 0 Å². The van der Waals surface area contributed by atoms with Crippen molar-refractivity contribution in [2.24, 2.45) is 5.92 Å². The van der Waals surface area contributed by atoms with E-state index in [0.717, 1.165) is 146 Å². The van der Waals surface area contributed by atoms with E-state index in [1.807, 2.05) is 41.3 Å². The number of aromatic nitrogens is 3. The summed E-state index contributed by atoms with van der Waals surface area (Å²) in [7, 11) is 0. The Hall–Kier alpha value is -5.54. The van der Waals surface area contributed by atoms with Gasteiger partial charge in [0.25, 0.3) is 11.8 Å². The molecule has 0 radical (unpaired) electrons. The smallest absolute Gasteiger partial charge is 0.274 e.